The zero-order valence-electron chi connectivity index (χ0n) is 10.6. The summed E-state index contributed by atoms with van der Waals surface area (Å²) in [6, 6.07) is 5.95. The number of hydrogen-bond acceptors (Lipinski definition) is 5. The van der Waals surface area contributed by atoms with Crippen LogP contribution in [0.25, 0.3) is 6.08 Å². The Labute approximate surface area is 134 Å². The molecule has 0 saturated carbocycles. The normalized spacial score (nSPS) is 10.8. The second-order valence-electron chi connectivity index (χ2n) is 3.26. The van der Waals surface area contributed by atoms with E-state index in [1.165, 1.54) is 24.3 Å². The van der Waals surface area contributed by atoms with E-state index in [1.807, 2.05) is 0 Å². The molecule has 0 spiro atoms. The molecule has 1 aromatic carbocycles. The van der Waals surface area contributed by atoms with Crippen molar-refractivity contribution < 1.29 is 52.1 Å². The Morgan fingerprint density at radius 1 is 1.37 bits per heavy atom. The molecule has 0 aliphatic rings. The molecule has 0 aliphatic carbocycles. The molecule has 0 heterocycles. The molecule has 19 heavy (non-hydrogen) atoms. The van der Waals surface area contributed by atoms with E-state index in [9.17, 15) is 17.8 Å². The van der Waals surface area contributed by atoms with Crippen LogP contribution >= 0.6 is 0 Å². The van der Waals surface area contributed by atoms with E-state index < -0.39 is 16.3 Å². The predicted molar refractivity (Wildman–Crippen MR) is 65.4 cm³/mol. The Balaban J connectivity index is 0.00000324. The number of carbonyl (C=O) groups is 1. The van der Waals surface area contributed by atoms with Gasteiger partial charge >= 0.3 is 35.5 Å². The monoisotopic (exact) mass is 293 g/mol. The van der Waals surface area contributed by atoms with Crippen LogP contribution in [0.15, 0.2) is 30.3 Å². The smallest absolute Gasteiger partial charge is 0.731 e. The largest absolute Gasteiger partial charge is 1.00 e. The summed E-state index contributed by atoms with van der Waals surface area (Å²) in [6.45, 7) is 2.00. The number of esters is 1. The summed E-state index contributed by atoms with van der Waals surface area (Å²) in [4.78, 5) is 11.0. The number of benzene rings is 1. The van der Waals surface area contributed by atoms with Crippen LogP contribution in [-0.4, -0.2) is 25.5 Å². The van der Waals surface area contributed by atoms with Gasteiger partial charge < -0.3 is 9.29 Å². The van der Waals surface area contributed by atoms with Gasteiger partial charge in [0.05, 0.1) is 6.61 Å². The van der Waals surface area contributed by atoms with Crippen molar-refractivity contribution >= 4 is 28.0 Å². The molecule has 0 atom stereocenters. The summed E-state index contributed by atoms with van der Waals surface area (Å²) in [5.74, 6) is -0.457. The fourth-order valence-corrected chi connectivity index (χ4v) is 1.59. The first-order chi connectivity index (χ1) is 8.40. The van der Waals surface area contributed by atoms with Gasteiger partial charge in [0.1, 0.15) is 0 Å². The Morgan fingerprint density at radius 2 is 1.95 bits per heavy atom. The van der Waals surface area contributed by atoms with Crippen molar-refractivity contribution in [2.75, 3.05) is 11.3 Å². The summed E-state index contributed by atoms with van der Waals surface area (Å²) in [6.07, 6.45) is 2.78. The molecular formula is C11H12NNaO5S. The SMILES string of the molecule is CCOC(=O)/C=C/c1ccc(NS(=O)(=O)[O-])cc1.[Na+]. The van der Waals surface area contributed by atoms with E-state index in [4.69, 9.17) is 4.74 Å². The molecule has 98 valence electrons. The fourth-order valence-electron chi connectivity index (χ4n) is 1.16. The number of rotatable bonds is 5. The Kier molecular flexibility index (Phi) is 7.96. The maximum Gasteiger partial charge on any atom is 1.00 e. The molecule has 1 rings (SSSR count). The van der Waals surface area contributed by atoms with Crippen molar-refractivity contribution in [1.29, 1.82) is 0 Å². The first kappa shape index (κ1) is 18.1. The standard InChI is InChI=1S/C11H13NO5S.Na/c1-2-17-11(13)8-5-9-3-6-10(7-4-9)12-18(14,15)16;/h3-8,12H,2H2,1H3,(H,14,15,16);/q;+1/p-1/b8-5+;. The van der Waals surface area contributed by atoms with Gasteiger partial charge in [0.15, 0.2) is 10.3 Å². The molecule has 6 nitrogen and oxygen atoms in total. The van der Waals surface area contributed by atoms with Crippen LogP contribution in [-0.2, 0) is 19.8 Å². The second kappa shape index (κ2) is 8.34. The van der Waals surface area contributed by atoms with Crippen LogP contribution in [0.4, 0.5) is 5.69 Å². The quantitative estimate of drug-likeness (QED) is 0.297. The van der Waals surface area contributed by atoms with Crippen molar-refractivity contribution in [3.05, 3.63) is 35.9 Å². The van der Waals surface area contributed by atoms with Crippen LogP contribution in [0.2, 0.25) is 0 Å². The summed E-state index contributed by atoms with van der Waals surface area (Å²) in [5.41, 5.74) is 0.843. The third-order valence-corrected chi connectivity index (χ3v) is 2.34. The molecule has 8 heteroatoms. The number of hydrogen-bond donors (Lipinski definition) is 1. The molecular weight excluding hydrogens is 281 g/mol. The van der Waals surface area contributed by atoms with Crippen molar-refractivity contribution in [3.63, 3.8) is 0 Å². The van der Waals surface area contributed by atoms with Crippen LogP contribution in [0.3, 0.4) is 0 Å². The van der Waals surface area contributed by atoms with Gasteiger partial charge in [-0.3, -0.25) is 4.72 Å². The van der Waals surface area contributed by atoms with E-state index in [0.717, 1.165) is 0 Å². The van der Waals surface area contributed by atoms with Gasteiger partial charge in [0, 0.05) is 11.8 Å². The van der Waals surface area contributed by atoms with Crippen molar-refractivity contribution in [1.82, 2.24) is 0 Å². The van der Waals surface area contributed by atoms with Crippen molar-refractivity contribution in [3.8, 4) is 0 Å². The van der Waals surface area contributed by atoms with Crippen LogP contribution in [0.1, 0.15) is 12.5 Å². The van der Waals surface area contributed by atoms with E-state index in [1.54, 1.807) is 23.8 Å². The van der Waals surface area contributed by atoms with Gasteiger partial charge in [-0.05, 0) is 30.7 Å². The zero-order valence-corrected chi connectivity index (χ0v) is 13.4. The molecule has 1 N–H and O–H groups in total. The van der Waals surface area contributed by atoms with Crippen LogP contribution in [0, 0.1) is 0 Å². The van der Waals surface area contributed by atoms with Crippen LogP contribution in [0.5, 0.6) is 0 Å². The van der Waals surface area contributed by atoms with Gasteiger partial charge in [-0.15, -0.1) is 0 Å². The van der Waals surface area contributed by atoms with Crippen molar-refractivity contribution in [2.45, 2.75) is 6.92 Å². The number of ether oxygens (including phenoxy) is 1. The Hall–Kier alpha value is -0.860. The van der Waals surface area contributed by atoms with Gasteiger partial charge in [-0.2, -0.15) is 0 Å². The zero-order chi connectivity index (χ0) is 13.6. The van der Waals surface area contributed by atoms with E-state index in [2.05, 4.69) is 0 Å². The van der Waals surface area contributed by atoms with E-state index in [0.29, 0.717) is 12.2 Å². The fraction of sp³-hybridized carbons (Fsp3) is 0.182. The summed E-state index contributed by atoms with van der Waals surface area (Å²) < 4.78 is 37.8. The molecule has 0 unspecified atom stereocenters. The average Bonchev–Trinajstić information content (AvgIpc) is 2.26. The number of nitrogens with one attached hydrogen (secondary N) is 1. The maximum absolute atomic E-state index is 11.0. The summed E-state index contributed by atoms with van der Waals surface area (Å²) in [5, 5.41) is 0. The average molecular weight is 293 g/mol. The molecule has 0 radical (unpaired) electrons. The maximum atomic E-state index is 11.0. The second-order valence-corrected chi connectivity index (χ2v) is 4.38. The first-order valence-corrected chi connectivity index (χ1v) is 6.50. The minimum Gasteiger partial charge on any atom is -0.731 e. The third kappa shape index (κ3) is 8.02. The van der Waals surface area contributed by atoms with Crippen LogP contribution < -0.4 is 34.3 Å². The number of carbonyl (C=O) groups excluding carboxylic acids is 1. The van der Waals surface area contributed by atoms with E-state index in [-0.39, 0.29) is 35.2 Å². The Bertz CT molecular complexity index is 539. The number of anilines is 1. The molecule has 1 aromatic rings. The molecule has 0 bridgehead atoms. The topological polar surface area (TPSA) is 95.5 Å². The molecule has 0 aromatic heterocycles. The van der Waals surface area contributed by atoms with Gasteiger partial charge in [0.25, 0.3) is 0 Å². The van der Waals surface area contributed by atoms with Gasteiger partial charge in [-0.1, -0.05) is 12.1 Å². The molecule has 0 fully saturated rings. The molecule has 0 aliphatic heterocycles. The third-order valence-electron chi connectivity index (χ3n) is 1.85. The minimum atomic E-state index is -4.52. The van der Waals surface area contributed by atoms with E-state index >= 15 is 0 Å². The first-order valence-electron chi connectivity index (χ1n) is 5.09. The summed E-state index contributed by atoms with van der Waals surface area (Å²) >= 11 is 0. The van der Waals surface area contributed by atoms with Crippen molar-refractivity contribution in [2.24, 2.45) is 0 Å². The predicted octanol–water partition coefficient (Wildman–Crippen LogP) is -1.86. The Morgan fingerprint density at radius 3 is 2.42 bits per heavy atom. The summed E-state index contributed by atoms with van der Waals surface area (Å²) in [7, 11) is -4.52. The minimum absolute atomic E-state index is 0. The van der Waals surface area contributed by atoms with Gasteiger partial charge in [-0.25, -0.2) is 13.2 Å². The molecule has 0 amide bonds. The van der Waals surface area contributed by atoms with Gasteiger partial charge in [0.2, 0.25) is 0 Å². The molecule has 0 saturated heterocycles.